The van der Waals surface area contributed by atoms with Gasteiger partial charge in [0.05, 0.1) is 5.56 Å². The highest BCUT2D eigenvalue weighted by molar-refractivity contribution is 5.90. The highest BCUT2D eigenvalue weighted by atomic mass is 19.1. The maximum absolute atomic E-state index is 12.8. The third kappa shape index (κ3) is 3.41. The van der Waals surface area contributed by atoms with Crippen LogP contribution in [0.3, 0.4) is 0 Å². The molecule has 0 saturated carbocycles. The van der Waals surface area contributed by atoms with E-state index in [-0.39, 0.29) is 24.1 Å². The number of rotatable bonds is 4. The van der Waals surface area contributed by atoms with Crippen molar-refractivity contribution < 1.29 is 13.7 Å². The molecule has 8 heteroatoms. The first kappa shape index (κ1) is 15.3. The predicted octanol–water partition coefficient (Wildman–Crippen LogP) is 2.07. The smallest absolute Gasteiger partial charge is 0.292 e. The van der Waals surface area contributed by atoms with Crippen molar-refractivity contribution in [2.24, 2.45) is 0 Å². The first-order valence-electron chi connectivity index (χ1n) is 6.88. The van der Waals surface area contributed by atoms with E-state index >= 15 is 0 Å². The maximum Gasteiger partial charge on any atom is 0.292 e. The number of nitrogens with zero attached hydrogens (tertiary/aromatic N) is 4. The topological polar surface area (TPSA) is 105 Å². The summed E-state index contributed by atoms with van der Waals surface area (Å²) in [4.78, 5) is 20.0. The maximum atomic E-state index is 12.8. The van der Waals surface area contributed by atoms with Crippen molar-refractivity contribution in [1.29, 1.82) is 5.26 Å². The molecule has 118 valence electrons. The Kier molecular flexibility index (Phi) is 4.25. The predicted molar refractivity (Wildman–Crippen MR) is 79.8 cm³/mol. The number of carbonyl (C=O) groups is 1. The number of halogens is 1. The Morgan fingerprint density at radius 3 is 2.71 bits per heavy atom. The summed E-state index contributed by atoms with van der Waals surface area (Å²) in [6.07, 6.45) is 1.37. The van der Waals surface area contributed by atoms with E-state index in [9.17, 15) is 9.18 Å². The number of hydrogen-bond acceptors (Lipinski definition) is 6. The lowest BCUT2D eigenvalue weighted by Gasteiger charge is -2.02. The van der Waals surface area contributed by atoms with E-state index in [1.807, 2.05) is 6.07 Å². The third-order valence-corrected chi connectivity index (χ3v) is 3.11. The molecule has 3 aromatic rings. The summed E-state index contributed by atoms with van der Waals surface area (Å²) in [5, 5.41) is 14.9. The molecule has 0 saturated heterocycles. The van der Waals surface area contributed by atoms with Crippen molar-refractivity contribution in [3.8, 4) is 17.7 Å². The van der Waals surface area contributed by atoms with E-state index in [4.69, 9.17) is 9.78 Å². The lowest BCUT2D eigenvalue weighted by Crippen LogP contribution is -2.23. The number of nitriles is 1. The van der Waals surface area contributed by atoms with Crippen LogP contribution in [0, 0.1) is 17.1 Å². The standard InChI is InChI=1S/C16H10FN5O2/c17-12-4-1-10(2-5-12)8-20-15(23)14-21-16(24-22-14)13-6-3-11(7-18)9-19-13/h1-6,9H,8H2,(H,20,23). The molecule has 0 atom stereocenters. The van der Waals surface area contributed by atoms with Crippen LogP contribution in [0.4, 0.5) is 4.39 Å². The fourth-order valence-corrected chi connectivity index (χ4v) is 1.87. The van der Waals surface area contributed by atoms with Crippen molar-refractivity contribution >= 4 is 5.91 Å². The van der Waals surface area contributed by atoms with Gasteiger partial charge in [-0.15, -0.1) is 0 Å². The minimum absolute atomic E-state index is 0.0754. The summed E-state index contributed by atoms with van der Waals surface area (Å²) in [7, 11) is 0. The Balaban J connectivity index is 1.66. The summed E-state index contributed by atoms with van der Waals surface area (Å²) in [6.45, 7) is 0.206. The Hall–Kier alpha value is -3.60. The van der Waals surface area contributed by atoms with E-state index < -0.39 is 5.91 Å². The lowest BCUT2D eigenvalue weighted by molar-refractivity contribution is 0.0937. The first-order valence-corrected chi connectivity index (χ1v) is 6.88. The minimum atomic E-state index is -0.525. The first-order chi connectivity index (χ1) is 11.7. The number of carbonyl (C=O) groups excluding carboxylic acids is 1. The molecule has 0 aliphatic heterocycles. The Morgan fingerprint density at radius 2 is 2.04 bits per heavy atom. The number of nitrogens with one attached hydrogen (secondary N) is 1. The van der Waals surface area contributed by atoms with Crippen LogP contribution >= 0.6 is 0 Å². The second kappa shape index (κ2) is 6.66. The van der Waals surface area contributed by atoms with Gasteiger partial charge in [-0.1, -0.05) is 17.3 Å². The molecule has 0 radical (unpaired) electrons. The number of aromatic nitrogens is 3. The molecule has 2 heterocycles. The zero-order valence-electron chi connectivity index (χ0n) is 12.2. The van der Waals surface area contributed by atoms with Gasteiger partial charge in [-0.25, -0.2) is 9.37 Å². The average molecular weight is 323 g/mol. The van der Waals surface area contributed by atoms with Crippen LogP contribution in [0.5, 0.6) is 0 Å². The quantitative estimate of drug-likeness (QED) is 0.788. The molecule has 0 fully saturated rings. The summed E-state index contributed by atoms with van der Waals surface area (Å²) < 4.78 is 17.8. The normalized spacial score (nSPS) is 10.2. The largest absolute Gasteiger partial charge is 0.345 e. The molecule has 0 spiro atoms. The molecule has 2 aromatic heterocycles. The monoisotopic (exact) mass is 323 g/mol. The minimum Gasteiger partial charge on any atom is -0.345 e. The molecule has 0 aliphatic rings. The van der Waals surface area contributed by atoms with Gasteiger partial charge in [-0.3, -0.25) is 4.79 Å². The number of pyridine rings is 1. The third-order valence-electron chi connectivity index (χ3n) is 3.11. The second-order valence-corrected chi connectivity index (χ2v) is 4.78. The average Bonchev–Trinajstić information content (AvgIpc) is 3.11. The van der Waals surface area contributed by atoms with Gasteiger partial charge in [-0.05, 0) is 29.8 Å². The molecule has 1 N–H and O–H groups in total. The molecular weight excluding hydrogens is 313 g/mol. The van der Waals surface area contributed by atoms with Crippen LogP contribution in [0.25, 0.3) is 11.6 Å². The van der Waals surface area contributed by atoms with Gasteiger partial charge in [0, 0.05) is 12.7 Å². The van der Waals surface area contributed by atoms with Crippen molar-refractivity contribution in [2.75, 3.05) is 0 Å². The Bertz CT molecular complexity index is 897. The summed E-state index contributed by atoms with van der Waals surface area (Å²) in [5.41, 5.74) is 1.50. The van der Waals surface area contributed by atoms with Crippen LogP contribution in [0.2, 0.25) is 0 Å². The molecule has 0 aliphatic carbocycles. The SMILES string of the molecule is N#Cc1ccc(-c2nc(C(=O)NCc3ccc(F)cc3)no2)nc1. The highest BCUT2D eigenvalue weighted by Crippen LogP contribution is 2.14. The summed E-state index contributed by atoms with van der Waals surface area (Å²) in [5.74, 6) is -0.935. The molecule has 0 unspecified atom stereocenters. The highest BCUT2D eigenvalue weighted by Gasteiger charge is 2.16. The Morgan fingerprint density at radius 1 is 1.25 bits per heavy atom. The van der Waals surface area contributed by atoms with Gasteiger partial charge in [-0.2, -0.15) is 10.2 Å². The van der Waals surface area contributed by atoms with Crippen molar-refractivity contribution in [3.05, 3.63) is 65.4 Å². The van der Waals surface area contributed by atoms with Gasteiger partial charge < -0.3 is 9.84 Å². The van der Waals surface area contributed by atoms with Crippen LogP contribution in [-0.2, 0) is 6.54 Å². The number of benzene rings is 1. The molecular formula is C16H10FN5O2. The number of hydrogen-bond donors (Lipinski definition) is 1. The fourth-order valence-electron chi connectivity index (χ4n) is 1.87. The molecule has 1 aromatic carbocycles. The molecule has 0 bridgehead atoms. The van der Waals surface area contributed by atoms with Crippen molar-refractivity contribution in [3.63, 3.8) is 0 Å². The molecule has 3 rings (SSSR count). The van der Waals surface area contributed by atoms with E-state index in [1.54, 1.807) is 24.3 Å². The lowest BCUT2D eigenvalue weighted by atomic mass is 10.2. The van der Waals surface area contributed by atoms with E-state index in [2.05, 4.69) is 20.4 Å². The second-order valence-electron chi connectivity index (χ2n) is 4.78. The molecule has 7 nitrogen and oxygen atoms in total. The van der Waals surface area contributed by atoms with Gasteiger partial charge in [0.15, 0.2) is 0 Å². The van der Waals surface area contributed by atoms with Gasteiger partial charge in [0.25, 0.3) is 17.6 Å². The van der Waals surface area contributed by atoms with Crippen LogP contribution in [0.1, 0.15) is 21.7 Å². The van der Waals surface area contributed by atoms with Crippen LogP contribution in [-0.4, -0.2) is 21.0 Å². The Labute approximate surface area is 135 Å². The van der Waals surface area contributed by atoms with Gasteiger partial charge in [0.2, 0.25) is 0 Å². The summed E-state index contributed by atoms with van der Waals surface area (Å²) >= 11 is 0. The zero-order valence-corrected chi connectivity index (χ0v) is 12.2. The zero-order chi connectivity index (χ0) is 16.9. The molecule has 1 amide bonds. The van der Waals surface area contributed by atoms with Crippen LogP contribution < -0.4 is 5.32 Å². The van der Waals surface area contributed by atoms with Crippen LogP contribution in [0.15, 0.2) is 47.1 Å². The van der Waals surface area contributed by atoms with E-state index in [1.165, 1.54) is 18.3 Å². The van der Waals surface area contributed by atoms with E-state index in [0.29, 0.717) is 11.3 Å². The summed E-state index contributed by atoms with van der Waals surface area (Å²) in [6, 6.07) is 10.8. The van der Waals surface area contributed by atoms with Crippen molar-refractivity contribution in [2.45, 2.75) is 6.54 Å². The van der Waals surface area contributed by atoms with Gasteiger partial charge in [0.1, 0.15) is 17.6 Å². The number of amides is 1. The van der Waals surface area contributed by atoms with Crippen molar-refractivity contribution in [1.82, 2.24) is 20.4 Å². The van der Waals surface area contributed by atoms with Gasteiger partial charge >= 0.3 is 0 Å². The molecule has 24 heavy (non-hydrogen) atoms. The fraction of sp³-hybridized carbons (Fsp3) is 0.0625. The van der Waals surface area contributed by atoms with E-state index in [0.717, 1.165) is 5.56 Å².